The van der Waals surface area contributed by atoms with E-state index in [1.165, 1.54) is 51.4 Å². The molecule has 0 amide bonds. The molecule has 39 heavy (non-hydrogen) atoms. The molecule has 0 radical (unpaired) electrons. The number of aromatic nitrogens is 2. The number of carboxylic acids is 1. The van der Waals surface area contributed by atoms with E-state index in [0.717, 1.165) is 37.1 Å². The second-order valence-corrected chi connectivity index (χ2v) is 12.3. The number of oxime groups is 1. The van der Waals surface area contributed by atoms with E-state index in [9.17, 15) is 14.7 Å². The minimum atomic E-state index is -1.32. The fourth-order valence-corrected chi connectivity index (χ4v) is 7.41. The van der Waals surface area contributed by atoms with Gasteiger partial charge in [0.15, 0.2) is 5.69 Å². The van der Waals surface area contributed by atoms with Crippen LogP contribution >= 0.6 is 0 Å². The molecule has 8 nitrogen and oxygen atoms in total. The van der Waals surface area contributed by atoms with Gasteiger partial charge in [-0.3, -0.25) is 9.69 Å². The minimum absolute atomic E-state index is 0.00878. The van der Waals surface area contributed by atoms with Crippen molar-refractivity contribution in [2.75, 3.05) is 0 Å². The van der Waals surface area contributed by atoms with Crippen LogP contribution in [0.25, 0.3) is 11.0 Å². The van der Waals surface area contributed by atoms with Gasteiger partial charge in [0, 0.05) is 24.2 Å². The van der Waals surface area contributed by atoms with Gasteiger partial charge in [-0.05, 0) is 70.4 Å². The highest BCUT2D eigenvalue weighted by Crippen LogP contribution is 2.43. The predicted molar refractivity (Wildman–Crippen MR) is 153 cm³/mol. The maximum atomic E-state index is 14.0. The molecule has 1 aromatic heterocycles. The van der Waals surface area contributed by atoms with E-state index in [2.05, 4.69) is 22.0 Å². The molecular formula is C31H44N4O4. The zero-order valence-electron chi connectivity index (χ0n) is 23.7. The molecular weight excluding hydrogens is 492 g/mol. The Bertz CT molecular complexity index is 1240. The van der Waals surface area contributed by atoms with Gasteiger partial charge < -0.3 is 14.5 Å². The van der Waals surface area contributed by atoms with E-state index in [0.29, 0.717) is 23.6 Å². The molecule has 3 fully saturated rings. The van der Waals surface area contributed by atoms with Gasteiger partial charge in [0.05, 0.1) is 11.0 Å². The van der Waals surface area contributed by atoms with E-state index >= 15 is 0 Å². The predicted octanol–water partition coefficient (Wildman–Crippen LogP) is 5.92. The average molecular weight is 537 g/mol. The lowest BCUT2D eigenvalue weighted by Gasteiger charge is -2.53. The summed E-state index contributed by atoms with van der Waals surface area (Å²) in [6.45, 7) is 5.95. The van der Waals surface area contributed by atoms with E-state index in [-0.39, 0.29) is 17.8 Å². The lowest BCUT2D eigenvalue weighted by molar-refractivity contribution is -0.129. The Hall–Kier alpha value is -2.74. The number of aliphatic carboxylic acids is 1. The van der Waals surface area contributed by atoms with Crippen LogP contribution in [0, 0.1) is 5.92 Å². The first-order valence-electron chi connectivity index (χ1n) is 15.1. The van der Waals surface area contributed by atoms with Crippen LogP contribution in [0.4, 0.5) is 0 Å². The molecule has 1 aromatic carbocycles. The third kappa shape index (κ3) is 6.06. The lowest BCUT2D eigenvalue weighted by Crippen LogP contribution is -2.57. The van der Waals surface area contributed by atoms with Gasteiger partial charge in [0.25, 0.3) is 5.56 Å². The standard InChI is InChI=1S/C31H44N4O4/c1-20(2)39-33-29(31(37)38)28-30(36)35(27-16-9-8-15-26(27)32-28)25-18-23-13-10-14-24(19-25)34(23)22-12-7-5-4-6-11-21(3)17-22/h8-9,15-16,20-25H,4-7,10-14,17-19H2,1-3H3,(H,37,38)/b33-29-/t21-,22-,23-,24+,25+/m1/s1. The van der Waals surface area contributed by atoms with Crippen LogP contribution in [0.2, 0.25) is 0 Å². The summed E-state index contributed by atoms with van der Waals surface area (Å²) in [5.41, 5.74) is 0.372. The molecule has 3 aliphatic rings. The van der Waals surface area contributed by atoms with E-state index in [1.807, 2.05) is 28.8 Å². The summed E-state index contributed by atoms with van der Waals surface area (Å²) >= 11 is 0. The van der Waals surface area contributed by atoms with Crippen LogP contribution in [0.5, 0.6) is 0 Å². The van der Waals surface area contributed by atoms with Gasteiger partial charge in [-0.15, -0.1) is 0 Å². The number of hydrogen-bond acceptors (Lipinski definition) is 6. The molecule has 2 aromatic rings. The Morgan fingerprint density at radius 2 is 1.59 bits per heavy atom. The van der Waals surface area contributed by atoms with E-state index < -0.39 is 17.2 Å². The third-order valence-electron chi connectivity index (χ3n) is 9.03. The van der Waals surface area contributed by atoms with Crippen molar-refractivity contribution >= 4 is 22.7 Å². The Balaban J connectivity index is 1.52. The van der Waals surface area contributed by atoms with Crippen molar-refractivity contribution in [1.82, 2.24) is 14.5 Å². The van der Waals surface area contributed by atoms with E-state index in [1.54, 1.807) is 13.8 Å². The van der Waals surface area contributed by atoms with Gasteiger partial charge >= 0.3 is 5.97 Å². The monoisotopic (exact) mass is 536 g/mol. The SMILES string of the molecule is CC(C)O/N=C(\C(=O)O)c1nc2ccccc2n([C@H]2C[C@H]3CCC[C@@H](C2)N3[C@@H]2CCCCCC[C@@H](C)C2)c1=O. The molecule has 5 atom stereocenters. The Morgan fingerprint density at radius 3 is 2.28 bits per heavy atom. The molecule has 8 heteroatoms. The van der Waals surface area contributed by atoms with Crippen LogP contribution in [-0.4, -0.2) is 55.5 Å². The Morgan fingerprint density at radius 1 is 0.949 bits per heavy atom. The highest BCUT2D eigenvalue weighted by Gasteiger charge is 2.43. The van der Waals surface area contributed by atoms with Gasteiger partial charge in [-0.2, -0.15) is 0 Å². The minimum Gasteiger partial charge on any atom is -0.476 e. The van der Waals surface area contributed by atoms with Gasteiger partial charge in [-0.1, -0.05) is 62.7 Å². The molecule has 0 spiro atoms. The van der Waals surface area contributed by atoms with Crippen LogP contribution in [0.1, 0.15) is 110 Å². The molecule has 5 rings (SSSR count). The number of rotatable bonds is 6. The zero-order valence-corrected chi connectivity index (χ0v) is 23.7. The molecule has 2 saturated heterocycles. The number of carbonyl (C=O) groups is 1. The first kappa shape index (κ1) is 27.8. The molecule has 0 unspecified atom stereocenters. The summed E-state index contributed by atoms with van der Waals surface area (Å²) in [4.78, 5) is 38.8. The smallest absolute Gasteiger partial charge is 0.360 e. The van der Waals surface area contributed by atoms with Crippen molar-refractivity contribution in [2.24, 2.45) is 11.1 Å². The Labute approximate surface area is 231 Å². The largest absolute Gasteiger partial charge is 0.476 e. The topological polar surface area (TPSA) is 97.0 Å². The average Bonchev–Trinajstić information content (AvgIpc) is 2.99. The van der Waals surface area contributed by atoms with Crippen LogP contribution in [-0.2, 0) is 9.63 Å². The van der Waals surface area contributed by atoms with Gasteiger partial charge in [0.2, 0.25) is 5.71 Å². The number of benzene rings is 1. The normalized spacial score (nSPS) is 29.0. The molecule has 1 saturated carbocycles. The summed E-state index contributed by atoms with van der Waals surface area (Å²) in [6.07, 6.45) is 14.3. The number of fused-ring (bicyclic) bond motifs is 3. The van der Waals surface area contributed by atoms with Crippen LogP contribution in [0.15, 0.2) is 34.2 Å². The summed E-state index contributed by atoms with van der Waals surface area (Å²) < 4.78 is 1.83. The summed E-state index contributed by atoms with van der Waals surface area (Å²) in [7, 11) is 0. The summed E-state index contributed by atoms with van der Waals surface area (Å²) in [5.74, 6) is -0.564. The van der Waals surface area contributed by atoms with Crippen LogP contribution < -0.4 is 5.56 Å². The fourth-order valence-electron chi connectivity index (χ4n) is 7.41. The molecule has 2 bridgehead atoms. The van der Waals surface area contributed by atoms with E-state index in [4.69, 9.17) is 4.84 Å². The quantitative estimate of drug-likeness (QED) is 0.364. The fraction of sp³-hybridized carbons (Fsp3) is 0.677. The zero-order chi connectivity index (χ0) is 27.5. The maximum absolute atomic E-state index is 14.0. The van der Waals surface area contributed by atoms with Crippen molar-refractivity contribution in [3.8, 4) is 0 Å². The van der Waals surface area contributed by atoms with Crippen molar-refractivity contribution in [2.45, 2.75) is 128 Å². The highest BCUT2D eigenvalue weighted by atomic mass is 16.6. The number of nitrogens with zero attached hydrogens (tertiary/aromatic N) is 4. The highest BCUT2D eigenvalue weighted by molar-refractivity contribution is 6.41. The van der Waals surface area contributed by atoms with Crippen molar-refractivity contribution < 1.29 is 14.7 Å². The first-order chi connectivity index (χ1) is 18.8. The van der Waals surface area contributed by atoms with Crippen molar-refractivity contribution in [3.05, 3.63) is 40.3 Å². The molecule has 1 N–H and O–H groups in total. The number of hydrogen-bond donors (Lipinski definition) is 1. The molecule has 2 aliphatic heterocycles. The molecule has 1 aliphatic carbocycles. The first-order valence-corrected chi connectivity index (χ1v) is 15.1. The van der Waals surface area contributed by atoms with Gasteiger partial charge in [-0.25, -0.2) is 9.78 Å². The second kappa shape index (κ2) is 12.2. The van der Waals surface area contributed by atoms with Crippen molar-refractivity contribution in [1.29, 1.82) is 0 Å². The van der Waals surface area contributed by atoms with Gasteiger partial charge in [0.1, 0.15) is 6.10 Å². The second-order valence-electron chi connectivity index (χ2n) is 12.3. The molecule has 212 valence electrons. The third-order valence-corrected chi connectivity index (χ3v) is 9.03. The summed E-state index contributed by atoms with van der Waals surface area (Å²) in [5, 5.41) is 13.8. The van der Waals surface area contributed by atoms with Crippen molar-refractivity contribution in [3.63, 3.8) is 0 Å². The maximum Gasteiger partial charge on any atom is 0.360 e. The molecule has 3 heterocycles. The number of para-hydroxylation sites is 2. The number of piperidine rings is 2. The summed E-state index contributed by atoms with van der Waals surface area (Å²) in [6, 6.07) is 9.05. The Kier molecular flexibility index (Phi) is 8.70. The van der Waals surface area contributed by atoms with Crippen LogP contribution in [0.3, 0.4) is 0 Å². The number of carboxylic acid groups (broad SMARTS) is 1. The lowest BCUT2D eigenvalue weighted by atomic mass is 9.78.